The van der Waals surface area contributed by atoms with Gasteiger partial charge >= 0.3 is 0 Å². The molecule has 0 amide bonds. The highest BCUT2D eigenvalue weighted by Gasteiger charge is 1.98. The largest absolute Gasteiger partial charge is 0.481 e. The van der Waals surface area contributed by atoms with Gasteiger partial charge in [-0.2, -0.15) is 0 Å². The second-order valence-electron chi connectivity index (χ2n) is 3.20. The number of methoxy groups -OCH3 is 1. The van der Waals surface area contributed by atoms with E-state index in [2.05, 4.69) is 4.98 Å². The van der Waals surface area contributed by atoms with Gasteiger partial charge in [-0.3, -0.25) is 0 Å². The molecule has 3 nitrogen and oxygen atoms in total. The molecule has 76 valence electrons. The zero-order valence-corrected chi connectivity index (χ0v) is 8.69. The molecule has 1 atom stereocenters. The average Bonchev–Trinajstić information content (AvgIpc) is 2.19. The van der Waals surface area contributed by atoms with Gasteiger partial charge in [0, 0.05) is 12.3 Å². The summed E-state index contributed by atoms with van der Waals surface area (Å²) >= 11 is 0. The third-order valence-electron chi connectivity index (χ3n) is 2.02. The van der Waals surface area contributed by atoms with Crippen molar-refractivity contribution in [3.8, 4) is 5.88 Å². The summed E-state index contributed by atoms with van der Waals surface area (Å²) in [7, 11) is 1.58. The van der Waals surface area contributed by atoms with Gasteiger partial charge < -0.3 is 9.84 Å². The molecule has 1 rings (SSSR count). The summed E-state index contributed by atoms with van der Waals surface area (Å²) in [5.74, 6) is 0.594. The molecule has 0 aromatic carbocycles. The van der Waals surface area contributed by atoms with Crippen LogP contribution in [0.5, 0.6) is 5.88 Å². The van der Waals surface area contributed by atoms with E-state index in [0.717, 1.165) is 11.1 Å². The number of pyridine rings is 1. The molecule has 14 heavy (non-hydrogen) atoms. The molecular formula is C11H15NO2. The molecule has 0 saturated carbocycles. The van der Waals surface area contributed by atoms with Crippen molar-refractivity contribution < 1.29 is 9.84 Å². The van der Waals surface area contributed by atoms with Crippen molar-refractivity contribution in [2.24, 2.45) is 0 Å². The molecule has 1 heterocycles. The van der Waals surface area contributed by atoms with Gasteiger partial charge in [-0.25, -0.2) is 4.98 Å². The van der Waals surface area contributed by atoms with E-state index in [4.69, 9.17) is 4.74 Å². The van der Waals surface area contributed by atoms with Gasteiger partial charge in [0.25, 0.3) is 0 Å². The third kappa shape index (κ3) is 2.85. The minimum absolute atomic E-state index is 0.419. The molecule has 1 N–H and O–H groups in total. The molecule has 3 heteroatoms. The fourth-order valence-corrected chi connectivity index (χ4v) is 0.981. The molecule has 0 fully saturated rings. The van der Waals surface area contributed by atoms with E-state index < -0.39 is 6.10 Å². The first kappa shape index (κ1) is 10.7. The Hall–Kier alpha value is -1.35. The normalized spacial score (nSPS) is 13.9. The summed E-state index contributed by atoms with van der Waals surface area (Å²) in [4.78, 5) is 4.06. The lowest BCUT2D eigenvalue weighted by atomic mass is 10.1. The van der Waals surface area contributed by atoms with E-state index >= 15 is 0 Å². The predicted molar refractivity (Wildman–Crippen MR) is 56.1 cm³/mol. The van der Waals surface area contributed by atoms with Crippen molar-refractivity contribution in [1.29, 1.82) is 0 Å². The lowest BCUT2D eigenvalue weighted by Crippen LogP contribution is -2.00. The summed E-state index contributed by atoms with van der Waals surface area (Å²) in [6.45, 7) is 3.62. The zero-order chi connectivity index (χ0) is 10.6. The van der Waals surface area contributed by atoms with Crippen LogP contribution in [0.3, 0.4) is 0 Å². The van der Waals surface area contributed by atoms with Gasteiger partial charge in [0.2, 0.25) is 5.88 Å². The van der Waals surface area contributed by atoms with Gasteiger partial charge in [0.15, 0.2) is 0 Å². The molecule has 1 unspecified atom stereocenters. The van der Waals surface area contributed by atoms with Crippen molar-refractivity contribution >= 4 is 6.08 Å². The Morgan fingerprint density at radius 2 is 2.29 bits per heavy atom. The Labute approximate surface area is 84.1 Å². The quantitative estimate of drug-likeness (QED) is 0.796. The monoisotopic (exact) mass is 193 g/mol. The average molecular weight is 193 g/mol. The fourth-order valence-electron chi connectivity index (χ4n) is 0.981. The van der Waals surface area contributed by atoms with Crippen molar-refractivity contribution in [3.63, 3.8) is 0 Å². The van der Waals surface area contributed by atoms with Crippen molar-refractivity contribution in [1.82, 2.24) is 4.98 Å². The molecule has 0 saturated heterocycles. The number of hydrogen-bond donors (Lipinski definition) is 1. The maximum absolute atomic E-state index is 9.27. The second kappa shape index (κ2) is 4.77. The minimum Gasteiger partial charge on any atom is -0.481 e. The first-order chi connectivity index (χ1) is 6.63. The molecule has 0 aliphatic carbocycles. The highest BCUT2D eigenvalue weighted by molar-refractivity contribution is 5.52. The molecule has 1 aromatic rings. The van der Waals surface area contributed by atoms with Crippen LogP contribution >= 0.6 is 0 Å². The van der Waals surface area contributed by atoms with E-state index in [1.54, 1.807) is 26.3 Å². The topological polar surface area (TPSA) is 42.4 Å². The first-order valence-corrected chi connectivity index (χ1v) is 4.50. The predicted octanol–water partition coefficient (Wildman–Crippen LogP) is 1.87. The van der Waals surface area contributed by atoms with Crippen LogP contribution in [-0.2, 0) is 0 Å². The summed E-state index contributed by atoms with van der Waals surface area (Å²) < 4.78 is 4.94. The van der Waals surface area contributed by atoms with Gasteiger partial charge in [-0.05, 0) is 31.1 Å². The van der Waals surface area contributed by atoms with E-state index in [1.807, 2.05) is 19.1 Å². The van der Waals surface area contributed by atoms with Crippen LogP contribution < -0.4 is 4.74 Å². The Balaban J connectivity index is 2.83. The van der Waals surface area contributed by atoms with Gasteiger partial charge in [-0.1, -0.05) is 6.08 Å². The summed E-state index contributed by atoms with van der Waals surface area (Å²) in [5, 5.41) is 9.27. The smallest absolute Gasteiger partial charge is 0.212 e. The van der Waals surface area contributed by atoms with E-state index in [9.17, 15) is 5.11 Å². The van der Waals surface area contributed by atoms with Crippen LogP contribution in [-0.4, -0.2) is 23.3 Å². The number of aromatic nitrogens is 1. The number of ether oxygens (including phenoxy) is 1. The van der Waals surface area contributed by atoms with Crippen LogP contribution in [0.2, 0.25) is 0 Å². The number of nitrogens with zero attached hydrogens (tertiary/aromatic N) is 1. The van der Waals surface area contributed by atoms with E-state index in [0.29, 0.717) is 5.88 Å². The van der Waals surface area contributed by atoms with Crippen LogP contribution in [0.15, 0.2) is 23.9 Å². The Kier molecular flexibility index (Phi) is 3.65. The zero-order valence-electron chi connectivity index (χ0n) is 8.69. The van der Waals surface area contributed by atoms with Crippen molar-refractivity contribution in [2.75, 3.05) is 7.11 Å². The van der Waals surface area contributed by atoms with E-state index in [1.165, 1.54) is 0 Å². The summed E-state index contributed by atoms with van der Waals surface area (Å²) in [6, 6.07) is 3.69. The number of aliphatic hydroxyl groups is 1. The van der Waals surface area contributed by atoms with Gasteiger partial charge in [0.05, 0.1) is 13.2 Å². The van der Waals surface area contributed by atoms with Crippen molar-refractivity contribution in [2.45, 2.75) is 20.0 Å². The molecule has 0 radical (unpaired) electrons. The third-order valence-corrected chi connectivity index (χ3v) is 2.02. The lowest BCUT2D eigenvalue weighted by molar-refractivity contribution is 0.232. The standard InChI is InChI=1S/C11H15NO2/c1-8(9(2)13)6-10-4-5-11(14-3)12-7-10/h4-7,9,13H,1-3H3/b8-6-. The molecule has 0 aliphatic rings. The molecule has 0 bridgehead atoms. The Morgan fingerprint density at radius 1 is 1.57 bits per heavy atom. The molecule has 0 aliphatic heterocycles. The van der Waals surface area contributed by atoms with Crippen LogP contribution in [0.1, 0.15) is 19.4 Å². The number of hydrogen-bond acceptors (Lipinski definition) is 3. The summed E-state index contributed by atoms with van der Waals surface area (Å²) in [6.07, 6.45) is 3.19. The van der Waals surface area contributed by atoms with E-state index in [-0.39, 0.29) is 0 Å². The maximum atomic E-state index is 9.27. The molecule has 0 spiro atoms. The maximum Gasteiger partial charge on any atom is 0.212 e. The highest BCUT2D eigenvalue weighted by Crippen LogP contribution is 2.11. The second-order valence-corrected chi connectivity index (χ2v) is 3.20. The summed E-state index contributed by atoms with van der Waals surface area (Å²) in [5.41, 5.74) is 1.88. The van der Waals surface area contributed by atoms with Crippen LogP contribution in [0.4, 0.5) is 0 Å². The Morgan fingerprint density at radius 3 is 2.71 bits per heavy atom. The lowest BCUT2D eigenvalue weighted by Gasteiger charge is -2.04. The number of aliphatic hydroxyl groups excluding tert-OH is 1. The van der Waals surface area contributed by atoms with Crippen molar-refractivity contribution in [3.05, 3.63) is 29.5 Å². The van der Waals surface area contributed by atoms with Gasteiger partial charge in [-0.15, -0.1) is 0 Å². The first-order valence-electron chi connectivity index (χ1n) is 4.50. The van der Waals surface area contributed by atoms with Crippen LogP contribution in [0, 0.1) is 0 Å². The fraction of sp³-hybridized carbons (Fsp3) is 0.364. The minimum atomic E-state index is -0.419. The molecule has 1 aromatic heterocycles. The number of rotatable bonds is 3. The Bertz CT molecular complexity index is 315. The highest BCUT2D eigenvalue weighted by atomic mass is 16.5. The van der Waals surface area contributed by atoms with Crippen LogP contribution in [0.25, 0.3) is 6.08 Å². The molecular weight excluding hydrogens is 178 g/mol. The SMILES string of the molecule is COc1ccc(/C=C(/C)C(C)O)cn1. The van der Waals surface area contributed by atoms with Gasteiger partial charge in [0.1, 0.15) is 0 Å².